The number of fused-ring (bicyclic) bond motifs is 1. The summed E-state index contributed by atoms with van der Waals surface area (Å²) in [6, 6.07) is -0.545. The molecule has 2 unspecified atom stereocenters. The van der Waals surface area contributed by atoms with E-state index in [2.05, 4.69) is 5.32 Å². The number of amides is 1. The van der Waals surface area contributed by atoms with Gasteiger partial charge in [0.15, 0.2) is 0 Å². The largest absolute Gasteiger partial charge is 0.460 e. The van der Waals surface area contributed by atoms with E-state index in [0.29, 0.717) is 0 Å². The first-order valence-electron chi connectivity index (χ1n) is 7.47. The minimum absolute atomic E-state index is 0.0749. The highest BCUT2D eigenvalue weighted by atomic mass is 19.3. The molecule has 2 saturated heterocycles. The molecule has 0 bridgehead atoms. The quantitative estimate of drug-likeness (QED) is 0.800. The van der Waals surface area contributed by atoms with Crippen LogP contribution >= 0.6 is 0 Å². The number of nitrogens with one attached hydrogen (secondary N) is 1. The van der Waals surface area contributed by atoms with Gasteiger partial charge in [-0.25, -0.2) is 8.78 Å². The van der Waals surface area contributed by atoms with E-state index in [1.807, 2.05) is 0 Å². The van der Waals surface area contributed by atoms with Crippen LogP contribution < -0.4 is 5.32 Å². The van der Waals surface area contributed by atoms with Gasteiger partial charge < -0.3 is 15.0 Å². The van der Waals surface area contributed by atoms with Crippen LogP contribution in [0.25, 0.3) is 0 Å². The number of carbonyl (C=O) groups excluding carboxylic acids is 2. The maximum absolute atomic E-state index is 13.7. The Bertz CT molecular complexity index is 486. The zero-order valence-corrected chi connectivity index (χ0v) is 13.7. The Morgan fingerprint density at radius 1 is 1.36 bits per heavy atom. The Labute approximate surface area is 129 Å². The topological polar surface area (TPSA) is 58.6 Å². The molecule has 1 amide bonds. The lowest BCUT2D eigenvalue weighted by Gasteiger charge is -2.32. The smallest absolute Gasteiger partial charge is 0.313 e. The van der Waals surface area contributed by atoms with E-state index in [9.17, 15) is 18.4 Å². The molecule has 0 spiro atoms. The van der Waals surface area contributed by atoms with Gasteiger partial charge in [-0.1, -0.05) is 0 Å². The fraction of sp³-hybridized carbons (Fsp3) is 0.867. The fourth-order valence-electron chi connectivity index (χ4n) is 2.94. The number of carbonyl (C=O) groups is 2. The summed E-state index contributed by atoms with van der Waals surface area (Å²) in [5.41, 5.74) is -1.58. The summed E-state index contributed by atoms with van der Waals surface area (Å²) in [7, 11) is 0. The van der Waals surface area contributed by atoms with Crippen molar-refractivity contribution in [2.45, 2.75) is 52.2 Å². The fourth-order valence-corrected chi connectivity index (χ4v) is 2.94. The Balaban J connectivity index is 2.05. The SMILES string of the molecule is CC(C)(C)OC(=O)C(C)(C)CN1CC2NCC(F)(F)C2C1=O. The van der Waals surface area contributed by atoms with Gasteiger partial charge >= 0.3 is 5.97 Å². The molecular formula is C15H24F2N2O3. The number of nitrogens with zero attached hydrogens (tertiary/aromatic N) is 1. The molecule has 22 heavy (non-hydrogen) atoms. The molecule has 0 radical (unpaired) electrons. The first kappa shape index (κ1) is 17.1. The van der Waals surface area contributed by atoms with Crippen molar-refractivity contribution in [3.8, 4) is 0 Å². The lowest BCUT2D eigenvalue weighted by molar-refractivity contribution is -0.167. The summed E-state index contributed by atoms with van der Waals surface area (Å²) in [4.78, 5) is 25.8. The highest BCUT2D eigenvalue weighted by Gasteiger charge is 2.59. The van der Waals surface area contributed by atoms with Gasteiger partial charge in [-0.2, -0.15) is 0 Å². The summed E-state index contributed by atoms with van der Waals surface area (Å²) in [5, 5.41) is 2.69. The van der Waals surface area contributed by atoms with Crippen LogP contribution in [-0.2, 0) is 14.3 Å². The standard InChI is InChI=1S/C15H24F2N2O3/c1-13(2,3)22-12(21)14(4,5)8-19-6-9-10(11(19)20)15(16,17)7-18-9/h9-10,18H,6-8H2,1-5H3. The van der Waals surface area contributed by atoms with E-state index in [0.717, 1.165) is 0 Å². The molecule has 2 heterocycles. The van der Waals surface area contributed by atoms with Crippen molar-refractivity contribution in [3.63, 3.8) is 0 Å². The van der Waals surface area contributed by atoms with Crippen LogP contribution in [0.3, 0.4) is 0 Å². The predicted molar refractivity (Wildman–Crippen MR) is 76.4 cm³/mol. The van der Waals surface area contributed by atoms with Crippen molar-refractivity contribution in [1.29, 1.82) is 0 Å². The van der Waals surface area contributed by atoms with Gasteiger partial charge in [0.05, 0.1) is 12.0 Å². The van der Waals surface area contributed by atoms with Crippen LogP contribution in [0.15, 0.2) is 0 Å². The van der Waals surface area contributed by atoms with Gasteiger partial charge in [-0.15, -0.1) is 0 Å². The van der Waals surface area contributed by atoms with Crippen molar-refractivity contribution >= 4 is 11.9 Å². The van der Waals surface area contributed by atoms with E-state index < -0.39 is 47.3 Å². The second-order valence-electron chi connectivity index (χ2n) is 7.83. The Hall–Kier alpha value is -1.24. The maximum Gasteiger partial charge on any atom is 0.313 e. The molecule has 2 atom stereocenters. The summed E-state index contributed by atoms with van der Waals surface area (Å²) in [6.45, 7) is 8.42. The molecule has 0 aromatic rings. The number of likely N-dealkylation sites (tertiary alicyclic amines) is 1. The number of ether oxygens (including phenoxy) is 1. The van der Waals surface area contributed by atoms with Crippen LogP contribution in [0, 0.1) is 11.3 Å². The summed E-state index contributed by atoms with van der Waals surface area (Å²) in [5.74, 6) is -5.37. The number of hydrogen-bond donors (Lipinski definition) is 1. The van der Waals surface area contributed by atoms with Gasteiger partial charge in [0.2, 0.25) is 5.91 Å². The number of hydrogen-bond acceptors (Lipinski definition) is 4. The molecule has 0 aromatic heterocycles. The van der Waals surface area contributed by atoms with Crippen molar-refractivity contribution in [2.24, 2.45) is 11.3 Å². The van der Waals surface area contributed by atoms with E-state index in [1.54, 1.807) is 34.6 Å². The molecule has 1 N–H and O–H groups in total. The molecule has 2 aliphatic rings. The lowest BCUT2D eigenvalue weighted by atomic mass is 9.92. The summed E-state index contributed by atoms with van der Waals surface area (Å²) >= 11 is 0. The molecule has 2 aliphatic heterocycles. The van der Waals surface area contributed by atoms with Crippen LogP contribution in [0.2, 0.25) is 0 Å². The minimum Gasteiger partial charge on any atom is -0.460 e. The predicted octanol–water partition coefficient (Wildman–Crippen LogP) is 1.42. The molecule has 0 aromatic carbocycles. The molecule has 0 saturated carbocycles. The second-order valence-corrected chi connectivity index (χ2v) is 7.83. The molecule has 126 valence electrons. The lowest BCUT2D eigenvalue weighted by Crippen LogP contribution is -2.45. The Morgan fingerprint density at radius 3 is 2.45 bits per heavy atom. The van der Waals surface area contributed by atoms with Crippen LogP contribution in [0.1, 0.15) is 34.6 Å². The number of rotatable bonds is 3. The first-order chi connectivity index (χ1) is 9.83. The number of halogens is 2. The van der Waals surface area contributed by atoms with Gasteiger partial charge in [0.1, 0.15) is 11.5 Å². The Kier molecular flexibility index (Phi) is 4.00. The van der Waals surface area contributed by atoms with E-state index >= 15 is 0 Å². The number of alkyl halides is 2. The van der Waals surface area contributed by atoms with Gasteiger partial charge in [-0.05, 0) is 34.6 Å². The van der Waals surface area contributed by atoms with E-state index in [1.165, 1.54) is 4.90 Å². The molecule has 5 nitrogen and oxygen atoms in total. The van der Waals surface area contributed by atoms with E-state index in [4.69, 9.17) is 4.74 Å². The van der Waals surface area contributed by atoms with Gasteiger partial charge in [0, 0.05) is 19.1 Å². The third-order valence-corrected chi connectivity index (χ3v) is 3.99. The Morgan fingerprint density at radius 2 is 1.95 bits per heavy atom. The zero-order chi connectivity index (χ0) is 16.9. The normalized spacial score (nSPS) is 28.0. The minimum atomic E-state index is -3.02. The van der Waals surface area contributed by atoms with Crippen molar-refractivity contribution in [3.05, 3.63) is 0 Å². The third-order valence-electron chi connectivity index (χ3n) is 3.99. The first-order valence-corrected chi connectivity index (χ1v) is 7.47. The average molecular weight is 318 g/mol. The molecule has 0 aliphatic carbocycles. The van der Waals surface area contributed by atoms with Gasteiger partial charge in [-0.3, -0.25) is 9.59 Å². The third kappa shape index (κ3) is 3.24. The molecule has 2 rings (SSSR count). The molecule has 7 heteroatoms. The number of esters is 1. The highest BCUT2D eigenvalue weighted by molar-refractivity contribution is 5.85. The maximum atomic E-state index is 13.7. The van der Waals surface area contributed by atoms with Gasteiger partial charge in [0.25, 0.3) is 5.92 Å². The van der Waals surface area contributed by atoms with Crippen LogP contribution in [0.5, 0.6) is 0 Å². The van der Waals surface area contributed by atoms with Crippen molar-refractivity contribution < 1.29 is 23.1 Å². The van der Waals surface area contributed by atoms with Crippen molar-refractivity contribution in [1.82, 2.24) is 10.2 Å². The summed E-state index contributed by atoms with van der Waals surface area (Å²) < 4.78 is 32.8. The van der Waals surface area contributed by atoms with Crippen LogP contribution in [0.4, 0.5) is 8.78 Å². The van der Waals surface area contributed by atoms with Crippen LogP contribution in [-0.4, -0.2) is 54.0 Å². The molecule has 2 fully saturated rings. The monoisotopic (exact) mass is 318 g/mol. The average Bonchev–Trinajstić information content (AvgIpc) is 2.76. The molecular weight excluding hydrogens is 294 g/mol. The zero-order valence-electron chi connectivity index (χ0n) is 13.7. The highest BCUT2D eigenvalue weighted by Crippen LogP contribution is 2.39. The van der Waals surface area contributed by atoms with E-state index in [-0.39, 0.29) is 13.1 Å². The van der Waals surface area contributed by atoms with Crippen molar-refractivity contribution in [2.75, 3.05) is 19.6 Å². The second kappa shape index (κ2) is 5.15. The summed E-state index contributed by atoms with van der Waals surface area (Å²) in [6.07, 6.45) is 0.